The SMILES string of the molecule is CC(C)(C)[S+]([O-])N[C@@H](c1cc(OC2CCOCC2)ccc1F)[C@@H](F)C[C@@H]1C(=O)NC(=O)N(C2CCOCC2)C1=O. The number of imide groups is 2. The molecule has 0 bridgehead atoms. The number of barbiturate groups is 1. The van der Waals surface area contributed by atoms with Crippen molar-refractivity contribution >= 4 is 29.2 Å². The predicted molar refractivity (Wildman–Crippen MR) is 142 cm³/mol. The van der Waals surface area contributed by atoms with Gasteiger partial charge in [-0.3, -0.25) is 19.8 Å². The number of halogens is 2. The van der Waals surface area contributed by atoms with Gasteiger partial charge in [0, 0.05) is 55.4 Å². The van der Waals surface area contributed by atoms with Crippen LogP contribution < -0.4 is 14.8 Å². The Kier molecular flexibility index (Phi) is 10.0. The van der Waals surface area contributed by atoms with Crippen LogP contribution in [0.2, 0.25) is 0 Å². The summed E-state index contributed by atoms with van der Waals surface area (Å²) in [6, 6.07) is 1.14. The van der Waals surface area contributed by atoms with Crippen molar-refractivity contribution in [3.05, 3.63) is 29.6 Å². The number of rotatable bonds is 9. The molecule has 2 N–H and O–H groups in total. The second-order valence-electron chi connectivity index (χ2n) is 11.2. The van der Waals surface area contributed by atoms with E-state index >= 15 is 8.78 Å². The van der Waals surface area contributed by atoms with Crippen LogP contribution in [0.5, 0.6) is 5.75 Å². The molecular weight excluding hydrogens is 548 g/mol. The van der Waals surface area contributed by atoms with Gasteiger partial charge in [0.25, 0.3) is 0 Å². The Morgan fingerprint density at radius 2 is 1.75 bits per heavy atom. The Balaban J connectivity index is 1.59. The Labute approximate surface area is 235 Å². The van der Waals surface area contributed by atoms with Crippen LogP contribution in [0.3, 0.4) is 0 Å². The van der Waals surface area contributed by atoms with E-state index in [0.717, 1.165) is 11.0 Å². The van der Waals surface area contributed by atoms with Crippen molar-refractivity contribution < 1.29 is 41.9 Å². The van der Waals surface area contributed by atoms with Crippen LogP contribution in [-0.2, 0) is 30.4 Å². The van der Waals surface area contributed by atoms with Crippen LogP contribution >= 0.6 is 0 Å². The molecule has 3 aliphatic rings. The van der Waals surface area contributed by atoms with E-state index in [1.807, 2.05) is 0 Å². The van der Waals surface area contributed by atoms with Crippen molar-refractivity contribution in [1.29, 1.82) is 0 Å². The molecule has 222 valence electrons. The van der Waals surface area contributed by atoms with E-state index in [4.69, 9.17) is 14.2 Å². The number of carbonyl (C=O) groups excluding carboxylic acids is 3. The topological polar surface area (TPSA) is 129 Å². The smallest absolute Gasteiger partial charge is 0.331 e. The fourth-order valence-electron chi connectivity index (χ4n) is 4.94. The zero-order valence-electron chi connectivity index (χ0n) is 23.0. The van der Waals surface area contributed by atoms with E-state index in [1.165, 1.54) is 12.1 Å². The molecular formula is C27H37F2N3O7S. The third-order valence-electron chi connectivity index (χ3n) is 7.24. The van der Waals surface area contributed by atoms with Gasteiger partial charge in [-0.15, -0.1) is 4.72 Å². The lowest BCUT2D eigenvalue weighted by Gasteiger charge is -2.38. The molecule has 1 aromatic carbocycles. The first-order valence-electron chi connectivity index (χ1n) is 13.6. The minimum Gasteiger partial charge on any atom is -0.598 e. The molecule has 0 aromatic heterocycles. The second-order valence-corrected chi connectivity index (χ2v) is 13.2. The molecule has 1 unspecified atom stereocenters. The molecule has 0 aliphatic carbocycles. The molecule has 3 saturated heterocycles. The molecule has 0 saturated carbocycles. The maximum Gasteiger partial charge on any atom is 0.331 e. The average molecular weight is 586 g/mol. The van der Waals surface area contributed by atoms with Gasteiger partial charge in [0.2, 0.25) is 11.8 Å². The van der Waals surface area contributed by atoms with E-state index in [-0.39, 0.29) is 11.7 Å². The molecule has 1 aromatic rings. The van der Waals surface area contributed by atoms with Crippen LogP contribution in [0.1, 0.15) is 64.5 Å². The van der Waals surface area contributed by atoms with Crippen molar-refractivity contribution in [2.45, 2.75) is 82.0 Å². The number of nitrogens with zero attached hydrogens (tertiary/aromatic N) is 1. The first kappa shape index (κ1) is 30.6. The van der Waals surface area contributed by atoms with Crippen molar-refractivity contribution in [1.82, 2.24) is 14.9 Å². The van der Waals surface area contributed by atoms with Gasteiger partial charge in [0.15, 0.2) is 0 Å². The van der Waals surface area contributed by atoms with Gasteiger partial charge in [-0.2, -0.15) is 0 Å². The third-order valence-corrected chi connectivity index (χ3v) is 8.82. The number of hydrogen-bond acceptors (Lipinski definition) is 8. The number of hydrogen-bond donors (Lipinski definition) is 2. The number of amides is 4. The highest BCUT2D eigenvalue weighted by atomic mass is 32.2. The lowest BCUT2D eigenvalue weighted by molar-refractivity contribution is -0.146. The fourth-order valence-corrected chi connectivity index (χ4v) is 5.79. The summed E-state index contributed by atoms with van der Waals surface area (Å²) in [5, 5.41) is 2.16. The molecule has 4 rings (SSSR count). The lowest BCUT2D eigenvalue weighted by atomic mass is 9.90. The normalized spacial score (nSPS) is 24.0. The van der Waals surface area contributed by atoms with Gasteiger partial charge in [0.05, 0.1) is 13.2 Å². The highest BCUT2D eigenvalue weighted by Gasteiger charge is 2.46. The number of nitrogens with one attached hydrogen (secondary N) is 2. The molecule has 3 heterocycles. The van der Waals surface area contributed by atoms with Gasteiger partial charge in [0.1, 0.15) is 40.5 Å². The number of alkyl halides is 1. The average Bonchev–Trinajstić information content (AvgIpc) is 2.91. The molecule has 40 heavy (non-hydrogen) atoms. The van der Waals surface area contributed by atoms with Gasteiger partial charge in [-0.25, -0.2) is 13.6 Å². The highest BCUT2D eigenvalue weighted by molar-refractivity contribution is 7.90. The van der Waals surface area contributed by atoms with Crippen molar-refractivity contribution in [2.24, 2.45) is 5.92 Å². The van der Waals surface area contributed by atoms with Crippen LogP contribution in [0, 0.1) is 11.7 Å². The third kappa shape index (κ3) is 7.30. The Bertz CT molecular complexity index is 1080. The number of ether oxygens (including phenoxy) is 3. The van der Waals surface area contributed by atoms with Crippen LogP contribution in [0.4, 0.5) is 13.6 Å². The van der Waals surface area contributed by atoms with Gasteiger partial charge in [-0.05, 0) is 51.8 Å². The summed E-state index contributed by atoms with van der Waals surface area (Å²) in [5.74, 6) is -3.70. The number of carbonyl (C=O) groups is 3. The minimum absolute atomic E-state index is 0.143. The van der Waals surface area contributed by atoms with Gasteiger partial charge < -0.3 is 18.8 Å². The van der Waals surface area contributed by atoms with Crippen LogP contribution in [-0.4, -0.2) is 76.8 Å². The van der Waals surface area contributed by atoms with Gasteiger partial charge in [-0.1, -0.05) is 0 Å². The molecule has 0 radical (unpaired) electrons. The fraction of sp³-hybridized carbons (Fsp3) is 0.667. The van der Waals surface area contributed by atoms with Crippen molar-refractivity contribution in [3.8, 4) is 5.75 Å². The summed E-state index contributed by atoms with van der Waals surface area (Å²) < 4.78 is 62.9. The van der Waals surface area contributed by atoms with E-state index in [1.54, 1.807) is 20.8 Å². The zero-order chi connectivity index (χ0) is 29.0. The largest absolute Gasteiger partial charge is 0.598 e. The highest BCUT2D eigenvalue weighted by Crippen LogP contribution is 2.34. The summed E-state index contributed by atoms with van der Waals surface area (Å²) in [6.07, 6.45) is -0.728. The van der Waals surface area contributed by atoms with Crippen LogP contribution in [0.15, 0.2) is 18.2 Å². The maximum atomic E-state index is 16.2. The van der Waals surface area contributed by atoms with Crippen LogP contribution in [0.25, 0.3) is 0 Å². The minimum atomic E-state index is -2.02. The lowest BCUT2D eigenvalue weighted by Crippen LogP contribution is -2.62. The molecule has 4 atom stereocenters. The molecule has 4 amide bonds. The van der Waals surface area contributed by atoms with Gasteiger partial charge >= 0.3 is 6.03 Å². The van der Waals surface area contributed by atoms with E-state index in [9.17, 15) is 18.9 Å². The molecule has 10 nitrogen and oxygen atoms in total. The first-order valence-corrected chi connectivity index (χ1v) is 14.7. The summed E-state index contributed by atoms with van der Waals surface area (Å²) >= 11 is -1.83. The summed E-state index contributed by atoms with van der Waals surface area (Å²) in [7, 11) is 0. The Morgan fingerprint density at radius 3 is 2.38 bits per heavy atom. The zero-order valence-corrected chi connectivity index (χ0v) is 23.8. The maximum absolute atomic E-state index is 16.2. The van der Waals surface area contributed by atoms with E-state index < -0.39 is 70.4 Å². The first-order chi connectivity index (χ1) is 19.0. The number of urea groups is 1. The predicted octanol–water partition coefficient (Wildman–Crippen LogP) is 3.08. The van der Waals surface area contributed by atoms with E-state index in [0.29, 0.717) is 57.9 Å². The monoisotopic (exact) mass is 585 g/mol. The van der Waals surface area contributed by atoms with E-state index in [2.05, 4.69) is 10.0 Å². The summed E-state index contributed by atoms with van der Waals surface area (Å²) in [5.41, 5.74) is -0.143. The molecule has 3 fully saturated rings. The summed E-state index contributed by atoms with van der Waals surface area (Å²) in [4.78, 5) is 39.5. The Morgan fingerprint density at radius 1 is 1.12 bits per heavy atom. The Hall–Kier alpha value is -2.32. The quantitative estimate of drug-likeness (QED) is 0.334. The standard InChI is InChI=1S/C27H37F2N3O7S/c1-27(2,3)40(36)31-23(19-14-18(4-5-21(19)28)39-17-8-12-38-13-9-17)22(29)15-20-24(33)30-26(35)32(25(20)34)16-6-10-37-11-7-16/h4-5,14,16-17,20,22-23,31H,6-13,15H2,1-3H3,(H,30,33,35)/t20-,22+,23+,40?/m1/s1. The van der Waals surface area contributed by atoms with Crippen molar-refractivity contribution in [2.75, 3.05) is 26.4 Å². The second kappa shape index (κ2) is 13.1. The molecule has 13 heteroatoms. The molecule has 3 aliphatic heterocycles. The number of benzene rings is 1. The molecule has 0 spiro atoms. The summed E-state index contributed by atoms with van der Waals surface area (Å²) in [6.45, 7) is 6.80. The van der Waals surface area contributed by atoms with Crippen molar-refractivity contribution in [3.63, 3.8) is 0 Å².